The third kappa shape index (κ3) is 2.89. The highest BCUT2D eigenvalue weighted by Gasteiger charge is 2.06. The Bertz CT molecular complexity index is 357. The molecule has 0 saturated carbocycles. The van der Waals surface area contributed by atoms with E-state index in [2.05, 4.69) is 16.3 Å². The monoisotopic (exact) mass is 207 g/mol. The molecule has 1 rings (SSSR count). The minimum atomic E-state index is -0.397. The third-order valence-corrected chi connectivity index (χ3v) is 1.87. The first-order valence-corrected chi connectivity index (χ1v) is 4.40. The molecular formula is C11H13NO3. The van der Waals surface area contributed by atoms with Crippen LogP contribution in [-0.2, 0) is 9.47 Å². The largest absolute Gasteiger partial charge is 0.465 e. The van der Waals surface area contributed by atoms with Gasteiger partial charge in [0.05, 0.1) is 25.0 Å². The van der Waals surface area contributed by atoms with Gasteiger partial charge in [-0.1, -0.05) is 6.58 Å². The van der Waals surface area contributed by atoms with Gasteiger partial charge in [0.2, 0.25) is 0 Å². The molecule has 0 radical (unpaired) electrons. The van der Waals surface area contributed by atoms with Crippen molar-refractivity contribution in [3.05, 3.63) is 36.2 Å². The molecular weight excluding hydrogens is 194 g/mol. The summed E-state index contributed by atoms with van der Waals surface area (Å²) in [5, 5.41) is 0. The number of carbonyl (C=O) groups is 1. The Morgan fingerprint density at radius 2 is 2.20 bits per heavy atom. The Labute approximate surface area is 88.5 Å². The number of methoxy groups -OCH3 is 2. The summed E-state index contributed by atoms with van der Waals surface area (Å²) in [6.45, 7) is 4.23. The Kier molecular flexibility index (Phi) is 4.00. The topological polar surface area (TPSA) is 48.4 Å². The Morgan fingerprint density at radius 1 is 1.47 bits per heavy atom. The lowest BCUT2D eigenvalue weighted by Crippen LogP contribution is -2.03. The summed E-state index contributed by atoms with van der Waals surface area (Å²) in [5.41, 5.74) is 1.91. The number of aromatic nitrogens is 1. The van der Waals surface area contributed by atoms with Crippen LogP contribution in [0.2, 0.25) is 0 Å². The molecule has 0 atom stereocenters. The van der Waals surface area contributed by atoms with Crippen LogP contribution in [0.1, 0.15) is 16.1 Å². The van der Waals surface area contributed by atoms with Crippen LogP contribution in [0.4, 0.5) is 0 Å². The minimum Gasteiger partial charge on any atom is -0.465 e. The van der Waals surface area contributed by atoms with E-state index in [1.165, 1.54) is 13.3 Å². The molecule has 0 saturated heterocycles. The molecule has 15 heavy (non-hydrogen) atoms. The van der Waals surface area contributed by atoms with Crippen molar-refractivity contribution in [3.8, 4) is 0 Å². The fourth-order valence-corrected chi connectivity index (χ4v) is 1.09. The van der Waals surface area contributed by atoms with Crippen LogP contribution in [0, 0.1) is 0 Å². The first-order valence-electron chi connectivity index (χ1n) is 4.40. The van der Waals surface area contributed by atoms with Gasteiger partial charge in [-0.3, -0.25) is 4.98 Å². The van der Waals surface area contributed by atoms with Gasteiger partial charge in [0.15, 0.2) is 0 Å². The summed E-state index contributed by atoms with van der Waals surface area (Å²) in [7, 11) is 2.92. The average Bonchev–Trinajstić information content (AvgIpc) is 2.28. The molecule has 0 aliphatic rings. The normalized spacial score (nSPS) is 9.73. The van der Waals surface area contributed by atoms with Crippen LogP contribution in [0.3, 0.4) is 0 Å². The number of esters is 1. The number of hydrogen-bond donors (Lipinski definition) is 0. The summed E-state index contributed by atoms with van der Waals surface area (Å²) < 4.78 is 9.48. The lowest BCUT2D eigenvalue weighted by Gasteiger charge is -2.04. The summed E-state index contributed by atoms with van der Waals surface area (Å²) in [5.74, 6) is -0.397. The molecule has 0 aromatic carbocycles. The quantitative estimate of drug-likeness (QED) is 0.702. The number of carbonyl (C=O) groups excluding carboxylic acids is 1. The summed E-state index contributed by atoms with van der Waals surface area (Å²) >= 11 is 0. The lowest BCUT2D eigenvalue weighted by molar-refractivity contribution is 0.0600. The molecule has 1 aromatic rings. The smallest absolute Gasteiger partial charge is 0.339 e. The van der Waals surface area contributed by atoms with E-state index in [0.29, 0.717) is 17.9 Å². The molecule has 0 N–H and O–H groups in total. The Balaban J connectivity index is 2.80. The van der Waals surface area contributed by atoms with Crippen molar-refractivity contribution in [3.63, 3.8) is 0 Å². The lowest BCUT2D eigenvalue weighted by atomic mass is 10.2. The molecule has 0 spiro atoms. The van der Waals surface area contributed by atoms with Crippen molar-refractivity contribution in [1.82, 2.24) is 4.98 Å². The van der Waals surface area contributed by atoms with Crippen molar-refractivity contribution < 1.29 is 14.3 Å². The second-order valence-electron chi connectivity index (χ2n) is 2.96. The van der Waals surface area contributed by atoms with E-state index >= 15 is 0 Å². The highest BCUT2D eigenvalue weighted by molar-refractivity contribution is 5.89. The molecule has 0 fully saturated rings. The second-order valence-corrected chi connectivity index (χ2v) is 2.96. The van der Waals surface area contributed by atoms with E-state index in [9.17, 15) is 4.79 Å². The zero-order valence-electron chi connectivity index (χ0n) is 8.82. The fraction of sp³-hybridized carbons (Fsp3) is 0.273. The van der Waals surface area contributed by atoms with Gasteiger partial charge in [-0.15, -0.1) is 0 Å². The summed E-state index contributed by atoms with van der Waals surface area (Å²) in [4.78, 5) is 15.2. The Morgan fingerprint density at radius 3 is 2.67 bits per heavy atom. The predicted octanol–water partition coefficient (Wildman–Crippen LogP) is 1.53. The molecule has 0 aliphatic carbocycles. The highest BCUT2D eigenvalue weighted by Crippen LogP contribution is 2.10. The van der Waals surface area contributed by atoms with E-state index < -0.39 is 5.97 Å². The maximum Gasteiger partial charge on any atom is 0.339 e. The van der Waals surface area contributed by atoms with Crippen LogP contribution >= 0.6 is 0 Å². The molecule has 4 nitrogen and oxygen atoms in total. The van der Waals surface area contributed by atoms with Gasteiger partial charge in [-0.05, 0) is 17.7 Å². The maximum absolute atomic E-state index is 11.1. The average molecular weight is 207 g/mol. The zero-order chi connectivity index (χ0) is 11.3. The van der Waals surface area contributed by atoms with E-state index in [1.807, 2.05) is 0 Å². The van der Waals surface area contributed by atoms with Crippen molar-refractivity contribution in [2.75, 3.05) is 20.8 Å². The SMILES string of the molecule is C=C(COC)c1ccc(C(=O)OC)cn1. The van der Waals surface area contributed by atoms with Crippen LogP contribution < -0.4 is 0 Å². The van der Waals surface area contributed by atoms with Crippen molar-refractivity contribution in [2.24, 2.45) is 0 Å². The van der Waals surface area contributed by atoms with E-state index in [4.69, 9.17) is 4.74 Å². The van der Waals surface area contributed by atoms with E-state index in [-0.39, 0.29) is 0 Å². The molecule has 4 heteroatoms. The Hall–Kier alpha value is -1.68. The maximum atomic E-state index is 11.1. The van der Waals surface area contributed by atoms with Crippen LogP contribution in [0.5, 0.6) is 0 Å². The molecule has 0 amide bonds. The molecule has 0 bridgehead atoms. The molecule has 1 heterocycles. The summed E-state index contributed by atoms with van der Waals surface area (Å²) in [6.07, 6.45) is 1.46. The van der Waals surface area contributed by atoms with E-state index in [0.717, 1.165) is 5.57 Å². The van der Waals surface area contributed by atoms with Crippen molar-refractivity contribution in [1.29, 1.82) is 0 Å². The zero-order valence-corrected chi connectivity index (χ0v) is 8.82. The minimum absolute atomic E-state index is 0.397. The van der Waals surface area contributed by atoms with Crippen molar-refractivity contribution >= 4 is 11.5 Å². The standard InChI is InChI=1S/C11H13NO3/c1-8(7-14-2)10-5-4-9(6-12-10)11(13)15-3/h4-6H,1,7H2,2-3H3. The first kappa shape index (κ1) is 11.4. The molecule has 80 valence electrons. The number of ether oxygens (including phenoxy) is 2. The van der Waals surface area contributed by atoms with Gasteiger partial charge in [-0.2, -0.15) is 0 Å². The molecule has 0 unspecified atom stereocenters. The summed E-state index contributed by atoms with van der Waals surface area (Å²) in [6, 6.07) is 3.36. The van der Waals surface area contributed by atoms with Crippen LogP contribution in [-0.4, -0.2) is 31.8 Å². The van der Waals surface area contributed by atoms with Gasteiger partial charge in [0, 0.05) is 13.3 Å². The fourth-order valence-electron chi connectivity index (χ4n) is 1.09. The second kappa shape index (κ2) is 5.26. The first-order chi connectivity index (χ1) is 7.19. The van der Waals surface area contributed by atoms with Gasteiger partial charge in [-0.25, -0.2) is 4.79 Å². The van der Waals surface area contributed by atoms with Crippen molar-refractivity contribution in [2.45, 2.75) is 0 Å². The van der Waals surface area contributed by atoms with Gasteiger partial charge in [0.25, 0.3) is 0 Å². The number of nitrogens with zero attached hydrogens (tertiary/aromatic N) is 1. The third-order valence-electron chi connectivity index (χ3n) is 1.87. The molecule has 0 aliphatic heterocycles. The number of hydrogen-bond acceptors (Lipinski definition) is 4. The highest BCUT2D eigenvalue weighted by atomic mass is 16.5. The van der Waals surface area contributed by atoms with Gasteiger partial charge >= 0.3 is 5.97 Å². The van der Waals surface area contributed by atoms with E-state index in [1.54, 1.807) is 19.2 Å². The predicted molar refractivity (Wildman–Crippen MR) is 56.5 cm³/mol. The molecule has 1 aromatic heterocycles. The number of rotatable bonds is 4. The van der Waals surface area contributed by atoms with Crippen LogP contribution in [0.25, 0.3) is 5.57 Å². The van der Waals surface area contributed by atoms with Crippen LogP contribution in [0.15, 0.2) is 24.9 Å². The van der Waals surface area contributed by atoms with Gasteiger partial charge < -0.3 is 9.47 Å². The van der Waals surface area contributed by atoms with Gasteiger partial charge in [0.1, 0.15) is 0 Å². The number of pyridine rings is 1.